The molecule has 3 nitrogen and oxygen atoms in total. The Labute approximate surface area is 65.2 Å². The van der Waals surface area contributed by atoms with Gasteiger partial charge in [0.25, 0.3) is 0 Å². The third-order valence-electron chi connectivity index (χ3n) is 2.27. The normalized spacial score (nSPS) is 41.8. The molecule has 0 aromatic heterocycles. The molecule has 2 N–H and O–H groups in total. The van der Waals surface area contributed by atoms with Gasteiger partial charge in [0.05, 0.1) is 5.92 Å². The molecule has 0 amide bonds. The lowest BCUT2D eigenvalue weighted by Gasteiger charge is -2.02. The standard InChI is InChI=1S/C6H9NO2.ClH/c8-6(9)4-2-7-5-1-3(4)5;/h3-5,7H,1-2H2,(H,8,9);1H. The quantitative estimate of drug-likeness (QED) is 0.577. The van der Waals surface area contributed by atoms with Gasteiger partial charge in [0.2, 0.25) is 0 Å². The first-order valence-corrected chi connectivity index (χ1v) is 3.25. The van der Waals surface area contributed by atoms with Crippen LogP contribution in [0.3, 0.4) is 0 Å². The molecule has 1 aliphatic heterocycles. The van der Waals surface area contributed by atoms with Gasteiger partial charge in [-0.2, -0.15) is 0 Å². The third kappa shape index (κ3) is 0.995. The van der Waals surface area contributed by atoms with E-state index in [4.69, 9.17) is 5.11 Å². The van der Waals surface area contributed by atoms with Gasteiger partial charge < -0.3 is 10.4 Å². The Morgan fingerprint density at radius 2 is 2.30 bits per heavy atom. The lowest BCUT2D eigenvalue weighted by atomic mass is 10.1. The number of hydrogen-bond acceptors (Lipinski definition) is 2. The molecule has 0 bridgehead atoms. The molecular formula is C6H10ClNO2. The van der Waals surface area contributed by atoms with E-state index >= 15 is 0 Å². The molecule has 2 aliphatic rings. The predicted molar refractivity (Wildman–Crippen MR) is 38.3 cm³/mol. The van der Waals surface area contributed by atoms with E-state index in [2.05, 4.69) is 5.32 Å². The molecule has 1 saturated carbocycles. The van der Waals surface area contributed by atoms with E-state index in [1.165, 1.54) is 0 Å². The van der Waals surface area contributed by atoms with Crippen molar-refractivity contribution in [2.45, 2.75) is 12.5 Å². The summed E-state index contributed by atoms with van der Waals surface area (Å²) in [5.74, 6) is -0.259. The van der Waals surface area contributed by atoms with Crippen molar-refractivity contribution in [2.75, 3.05) is 6.54 Å². The van der Waals surface area contributed by atoms with Crippen molar-refractivity contribution in [3.8, 4) is 0 Å². The molecule has 0 aromatic carbocycles. The van der Waals surface area contributed by atoms with Crippen LogP contribution in [0.5, 0.6) is 0 Å². The molecule has 10 heavy (non-hydrogen) atoms. The zero-order valence-electron chi connectivity index (χ0n) is 5.41. The van der Waals surface area contributed by atoms with Crippen molar-refractivity contribution in [3.63, 3.8) is 0 Å². The number of carbonyl (C=O) groups is 1. The maximum atomic E-state index is 10.4. The van der Waals surface area contributed by atoms with Crippen molar-refractivity contribution in [2.24, 2.45) is 11.8 Å². The van der Waals surface area contributed by atoms with Crippen LogP contribution in [0.25, 0.3) is 0 Å². The van der Waals surface area contributed by atoms with Crippen LogP contribution in [0.15, 0.2) is 0 Å². The van der Waals surface area contributed by atoms with Gasteiger partial charge in [-0.3, -0.25) is 4.79 Å². The summed E-state index contributed by atoms with van der Waals surface area (Å²) in [6.07, 6.45) is 1.08. The molecule has 0 spiro atoms. The number of carboxylic acid groups (broad SMARTS) is 1. The summed E-state index contributed by atoms with van der Waals surface area (Å²) in [6.45, 7) is 0.685. The van der Waals surface area contributed by atoms with Crippen LogP contribution in [0.2, 0.25) is 0 Å². The first-order chi connectivity index (χ1) is 4.29. The fourth-order valence-corrected chi connectivity index (χ4v) is 1.59. The number of hydrogen-bond donors (Lipinski definition) is 2. The van der Waals surface area contributed by atoms with E-state index in [-0.39, 0.29) is 18.3 Å². The third-order valence-corrected chi connectivity index (χ3v) is 2.27. The van der Waals surface area contributed by atoms with Crippen LogP contribution in [-0.4, -0.2) is 23.7 Å². The number of rotatable bonds is 1. The predicted octanol–water partition coefficient (Wildman–Crippen LogP) is 0.101. The Bertz CT molecular complexity index is 162. The topological polar surface area (TPSA) is 49.3 Å². The van der Waals surface area contributed by atoms with Crippen LogP contribution < -0.4 is 5.32 Å². The van der Waals surface area contributed by atoms with Crippen LogP contribution >= 0.6 is 12.4 Å². The van der Waals surface area contributed by atoms with E-state index in [1.54, 1.807) is 0 Å². The molecule has 1 saturated heterocycles. The number of nitrogens with one attached hydrogen (secondary N) is 1. The summed E-state index contributed by atoms with van der Waals surface area (Å²) in [7, 11) is 0. The van der Waals surface area contributed by atoms with Gasteiger partial charge in [-0.25, -0.2) is 0 Å². The second-order valence-electron chi connectivity index (χ2n) is 2.86. The maximum absolute atomic E-state index is 10.4. The van der Waals surface area contributed by atoms with Gasteiger partial charge in [0.15, 0.2) is 0 Å². The average molecular weight is 164 g/mol. The number of fused-ring (bicyclic) bond motifs is 1. The van der Waals surface area contributed by atoms with Gasteiger partial charge in [0.1, 0.15) is 0 Å². The van der Waals surface area contributed by atoms with E-state index in [9.17, 15) is 4.79 Å². The van der Waals surface area contributed by atoms with Crippen LogP contribution in [-0.2, 0) is 4.79 Å². The first-order valence-electron chi connectivity index (χ1n) is 3.25. The van der Waals surface area contributed by atoms with Gasteiger partial charge in [-0.15, -0.1) is 12.4 Å². The number of aliphatic carboxylic acids is 1. The highest BCUT2D eigenvalue weighted by Gasteiger charge is 2.51. The summed E-state index contributed by atoms with van der Waals surface area (Å²) >= 11 is 0. The molecule has 0 aromatic rings. The van der Waals surface area contributed by atoms with Crippen LogP contribution in [0, 0.1) is 11.8 Å². The fraction of sp³-hybridized carbons (Fsp3) is 0.833. The summed E-state index contributed by atoms with van der Waals surface area (Å²) in [5, 5.41) is 11.7. The number of halogens is 1. The van der Waals surface area contributed by atoms with Crippen LogP contribution in [0.1, 0.15) is 6.42 Å². The van der Waals surface area contributed by atoms with Crippen molar-refractivity contribution >= 4 is 18.4 Å². The highest BCUT2D eigenvalue weighted by Crippen LogP contribution is 2.42. The largest absolute Gasteiger partial charge is 0.481 e. The van der Waals surface area contributed by atoms with Crippen LogP contribution in [0.4, 0.5) is 0 Å². The summed E-state index contributed by atoms with van der Waals surface area (Å²) in [4.78, 5) is 10.4. The monoisotopic (exact) mass is 163 g/mol. The second kappa shape index (κ2) is 2.40. The van der Waals surface area contributed by atoms with Crippen molar-refractivity contribution in [1.29, 1.82) is 0 Å². The van der Waals surface area contributed by atoms with E-state index < -0.39 is 5.97 Å². The lowest BCUT2D eigenvalue weighted by molar-refractivity contribution is -0.141. The molecular weight excluding hydrogens is 154 g/mol. The summed E-state index contributed by atoms with van der Waals surface area (Å²) in [5.41, 5.74) is 0. The Morgan fingerprint density at radius 3 is 2.50 bits per heavy atom. The number of piperidine rings is 1. The zero-order valence-corrected chi connectivity index (χ0v) is 6.23. The molecule has 2 rings (SSSR count). The van der Waals surface area contributed by atoms with E-state index in [0.717, 1.165) is 6.42 Å². The molecule has 0 radical (unpaired) electrons. The molecule has 1 heterocycles. The SMILES string of the molecule is Cl.O=C(O)C1CNC2CC21. The Hall–Kier alpha value is -0.280. The maximum Gasteiger partial charge on any atom is 0.308 e. The smallest absolute Gasteiger partial charge is 0.308 e. The Morgan fingerprint density at radius 1 is 1.60 bits per heavy atom. The van der Waals surface area contributed by atoms with Gasteiger partial charge in [0, 0.05) is 12.6 Å². The van der Waals surface area contributed by atoms with Crippen molar-refractivity contribution in [1.82, 2.24) is 5.32 Å². The van der Waals surface area contributed by atoms with Gasteiger partial charge >= 0.3 is 5.97 Å². The minimum atomic E-state index is -0.632. The summed E-state index contributed by atoms with van der Waals surface area (Å²) < 4.78 is 0. The van der Waals surface area contributed by atoms with E-state index in [1.807, 2.05) is 0 Å². The minimum absolute atomic E-state index is 0. The molecule has 3 atom stereocenters. The Balaban J connectivity index is 0.000000500. The number of carboxylic acids is 1. The minimum Gasteiger partial charge on any atom is -0.481 e. The zero-order chi connectivity index (χ0) is 6.43. The lowest BCUT2D eigenvalue weighted by Crippen LogP contribution is -2.22. The van der Waals surface area contributed by atoms with E-state index in [0.29, 0.717) is 18.5 Å². The molecule has 1 aliphatic carbocycles. The average Bonchev–Trinajstić information content (AvgIpc) is 2.43. The van der Waals surface area contributed by atoms with Crippen molar-refractivity contribution in [3.05, 3.63) is 0 Å². The van der Waals surface area contributed by atoms with Gasteiger partial charge in [-0.05, 0) is 12.3 Å². The second-order valence-corrected chi connectivity index (χ2v) is 2.86. The highest BCUT2D eigenvalue weighted by molar-refractivity contribution is 5.85. The molecule has 2 fully saturated rings. The molecule has 3 unspecified atom stereocenters. The molecule has 4 heteroatoms. The molecule has 58 valence electrons. The first kappa shape index (κ1) is 7.82. The van der Waals surface area contributed by atoms with Crippen molar-refractivity contribution < 1.29 is 9.90 Å². The summed E-state index contributed by atoms with van der Waals surface area (Å²) in [6, 6.07) is 0.547. The van der Waals surface area contributed by atoms with Gasteiger partial charge in [-0.1, -0.05) is 0 Å². The highest BCUT2D eigenvalue weighted by atomic mass is 35.5. The fourth-order valence-electron chi connectivity index (χ4n) is 1.59. The Kier molecular flexibility index (Phi) is 1.88.